The number of fused-ring (bicyclic) bond motifs is 8. The summed E-state index contributed by atoms with van der Waals surface area (Å²) in [6.45, 7) is 14.0. The molecule has 0 unspecified atom stereocenters. The summed E-state index contributed by atoms with van der Waals surface area (Å²) in [4.78, 5) is 5.32. The van der Waals surface area contributed by atoms with E-state index < -0.39 is 8.07 Å². The van der Waals surface area contributed by atoms with Crippen molar-refractivity contribution in [3.05, 3.63) is 205 Å². The van der Waals surface area contributed by atoms with Crippen LogP contribution >= 0.6 is 11.8 Å². The number of rotatable bonds is 4. The zero-order valence-electron chi connectivity index (χ0n) is 37.4. The quantitative estimate of drug-likeness (QED) is 0.162. The SMILES string of the molecule is CC(C)(C)c1ccc(N2c3cc4c(cc3B3c5cc(C(C)(C)C)ccc5Sc5cc(-c6ccc7ccccc7c6)cc2c53)-c2ccccc2[Si]4(c2ccccc2)c2ccccc2)cc1. The molecular formula is C60H50BNSSi. The van der Waals surface area contributed by atoms with E-state index in [-0.39, 0.29) is 17.5 Å². The Morgan fingerprint density at radius 2 is 1.08 bits per heavy atom. The Morgan fingerprint density at radius 1 is 0.438 bits per heavy atom. The van der Waals surface area contributed by atoms with Gasteiger partial charge in [0.1, 0.15) is 0 Å². The van der Waals surface area contributed by atoms with Crippen molar-refractivity contribution in [1.29, 1.82) is 0 Å². The molecule has 3 aliphatic heterocycles. The second-order valence-electron chi connectivity index (χ2n) is 20.1. The van der Waals surface area contributed by atoms with E-state index in [0.29, 0.717) is 0 Å². The van der Waals surface area contributed by atoms with Gasteiger partial charge in [-0.3, -0.25) is 0 Å². The van der Waals surface area contributed by atoms with Crippen LogP contribution in [0.4, 0.5) is 17.1 Å². The van der Waals surface area contributed by atoms with E-state index in [1.54, 1.807) is 0 Å². The van der Waals surface area contributed by atoms with Crippen molar-refractivity contribution in [3.63, 3.8) is 0 Å². The van der Waals surface area contributed by atoms with Crippen molar-refractivity contribution in [2.45, 2.75) is 62.2 Å². The summed E-state index contributed by atoms with van der Waals surface area (Å²) in [6.07, 6.45) is 0. The Balaban J connectivity index is 1.21. The van der Waals surface area contributed by atoms with E-state index in [0.717, 1.165) is 0 Å². The molecule has 0 fully saturated rings. The van der Waals surface area contributed by atoms with Crippen molar-refractivity contribution in [2.75, 3.05) is 4.90 Å². The topological polar surface area (TPSA) is 3.24 Å². The first-order valence-electron chi connectivity index (χ1n) is 22.8. The second kappa shape index (κ2) is 14.3. The molecule has 3 aliphatic rings. The van der Waals surface area contributed by atoms with Crippen LogP contribution in [-0.4, -0.2) is 14.8 Å². The average molecular weight is 856 g/mol. The van der Waals surface area contributed by atoms with E-state index in [4.69, 9.17) is 0 Å². The molecule has 0 aliphatic carbocycles. The first-order chi connectivity index (χ1) is 31.0. The van der Waals surface area contributed by atoms with Gasteiger partial charge in [0.25, 0.3) is 0 Å². The molecule has 64 heavy (non-hydrogen) atoms. The van der Waals surface area contributed by atoms with E-state index in [1.165, 1.54) is 108 Å². The van der Waals surface area contributed by atoms with Crippen LogP contribution in [0.3, 0.4) is 0 Å². The molecule has 0 radical (unpaired) electrons. The van der Waals surface area contributed by atoms with Crippen molar-refractivity contribution in [1.82, 2.24) is 0 Å². The first kappa shape index (κ1) is 39.3. The maximum atomic E-state index is 2.66. The molecule has 1 nitrogen and oxygen atoms in total. The molecule has 9 aromatic rings. The Hall–Kier alpha value is -6.33. The highest BCUT2D eigenvalue weighted by atomic mass is 32.2. The number of nitrogens with zero attached hydrogens (tertiary/aromatic N) is 1. The standard InChI is InChI=1S/C60H50BNSSi/c1-59(2,3)43-27-30-45(31-28-43)62-52-38-57-49(48-23-15-16-24-56(48)64(57,46-19-9-7-10-20-46)47-21-11-8-12-22-47)37-50(52)61-51-36-44(60(4,5)6)29-32-54(51)63-55-35-42(34-53(62)58(55)61)41-26-25-39-17-13-14-18-40(39)33-41/h7-38H,1-6H3. The maximum Gasteiger partial charge on any atom is 0.249 e. The zero-order chi connectivity index (χ0) is 43.5. The van der Waals surface area contributed by atoms with Crippen LogP contribution in [0.1, 0.15) is 52.7 Å². The summed E-state index contributed by atoms with van der Waals surface area (Å²) in [5.41, 5.74) is 15.9. The van der Waals surface area contributed by atoms with Gasteiger partial charge < -0.3 is 4.90 Å². The monoisotopic (exact) mass is 855 g/mol. The molecule has 9 aromatic carbocycles. The van der Waals surface area contributed by atoms with Gasteiger partial charge in [-0.2, -0.15) is 0 Å². The van der Waals surface area contributed by atoms with Crippen LogP contribution in [0.5, 0.6) is 0 Å². The minimum Gasteiger partial charge on any atom is -0.311 e. The lowest BCUT2D eigenvalue weighted by atomic mass is 9.34. The fourth-order valence-corrected chi connectivity index (χ4v) is 17.4. The summed E-state index contributed by atoms with van der Waals surface area (Å²) >= 11 is 1.95. The van der Waals surface area contributed by atoms with Gasteiger partial charge >= 0.3 is 0 Å². The fourth-order valence-electron chi connectivity index (χ4n) is 11.1. The third-order valence-electron chi connectivity index (χ3n) is 14.3. The maximum absolute atomic E-state index is 2.80. The van der Waals surface area contributed by atoms with Gasteiger partial charge in [0.15, 0.2) is 8.07 Å². The highest BCUT2D eigenvalue weighted by molar-refractivity contribution is 8.00. The van der Waals surface area contributed by atoms with E-state index >= 15 is 0 Å². The third-order valence-corrected chi connectivity index (χ3v) is 20.3. The molecule has 0 aromatic heterocycles. The minimum absolute atomic E-state index is 0.00845. The van der Waals surface area contributed by atoms with E-state index in [9.17, 15) is 0 Å². The van der Waals surface area contributed by atoms with Crippen LogP contribution in [0.15, 0.2) is 204 Å². The van der Waals surface area contributed by atoms with Crippen molar-refractivity contribution < 1.29 is 0 Å². The van der Waals surface area contributed by atoms with E-state index in [2.05, 4.69) is 241 Å². The van der Waals surface area contributed by atoms with Crippen LogP contribution in [-0.2, 0) is 10.8 Å². The molecule has 0 atom stereocenters. The number of hydrogen-bond acceptors (Lipinski definition) is 2. The molecule has 0 N–H and O–H groups in total. The summed E-state index contributed by atoms with van der Waals surface area (Å²) in [6, 6.07) is 75.0. The zero-order valence-corrected chi connectivity index (χ0v) is 39.2. The number of hydrogen-bond donors (Lipinski definition) is 0. The molecule has 0 bridgehead atoms. The lowest BCUT2D eigenvalue weighted by Crippen LogP contribution is -2.73. The van der Waals surface area contributed by atoms with Gasteiger partial charge in [-0.15, -0.1) is 0 Å². The average Bonchev–Trinajstić information content (AvgIpc) is 3.60. The molecule has 3 heterocycles. The molecular weight excluding hydrogens is 806 g/mol. The Morgan fingerprint density at radius 3 is 1.78 bits per heavy atom. The summed E-state index contributed by atoms with van der Waals surface area (Å²) in [5.74, 6) is 0. The summed E-state index contributed by atoms with van der Waals surface area (Å²) in [7, 11) is -2.80. The fraction of sp³-hybridized carbons (Fsp3) is 0.133. The molecule has 0 saturated carbocycles. The lowest BCUT2D eigenvalue weighted by molar-refractivity contribution is 0.590. The first-order valence-corrected chi connectivity index (χ1v) is 25.6. The van der Waals surface area contributed by atoms with Gasteiger partial charge in [-0.25, -0.2) is 0 Å². The molecule has 308 valence electrons. The molecule has 0 amide bonds. The van der Waals surface area contributed by atoms with Gasteiger partial charge in [-0.1, -0.05) is 210 Å². The van der Waals surface area contributed by atoms with Gasteiger partial charge in [0.2, 0.25) is 6.71 Å². The summed E-state index contributed by atoms with van der Waals surface area (Å²) in [5, 5.41) is 8.29. The Bertz CT molecular complexity index is 3290. The van der Waals surface area contributed by atoms with Crippen molar-refractivity contribution in [3.8, 4) is 22.3 Å². The molecule has 0 saturated heterocycles. The van der Waals surface area contributed by atoms with Gasteiger partial charge in [0.05, 0.1) is 0 Å². The van der Waals surface area contributed by atoms with Crippen molar-refractivity contribution >= 4 is 91.5 Å². The normalized spacial score (nSPS) is 14.4. The van der Waals surface area contributed by atoms with Gasteiger partial charge in [-0.05, 0) is 129 Å². The Kier molecular flexibility index (Phi) is 8.80. The van der Waals surface area contributed by atoms with Crippen molar-refractivity contribution in [2.24, 2.45) is 0 Å². The molecule has 0 spiro atoms. The highest BCUT2D eigenvalue weighted by Crippen LogP contribution is 2.46. The van der Waals surface area contributed by atoms with Crippen LogP contribution < -0.4 is 42.0 Å². The predicted octanol–water partition coefficient (Wildman–Crippen LogP) is 11.2. The largest absolute Gasteiger partial charge is 0.311 e. The minimum atomic E-state index is -2.80. The van der Waals surface area contributed by atoms with Crippen LogP contribution in [0, 0.1) is 0 Å². The third kappa shape index (κ3) is 5.92. The number of benzene rings is 9. The number of anilines is 3. The lowest BCUT2D eigenvalue weighted by Gasteiger charge is -2.42. The second-order valence-corrected chi connectivity index (χ2v) is 24.9. The summed E-state index contributed by atoms with van der Waals surface area (Å²) < 4.78 is 0. The highest BCUT2D eigenvalue weighted by Gasteiger charge is 2.51. The van der Waals surface area contributed by atoms with Crippen LogP contribution in [0.2, 0.25) is 0 Å². The van der Waals surface area contributed by atoms with Crippen LogP contribution in [0.25, 0.3) is 33.0 Å². The van der Waals surface area contributed by atoms with Gasteiger partial charge in [0, 0.05) is 26.9 Å². The predicted molar refractivity (Wildman–Crippen MR) is 279 cm³/mol. The van der Waals surface area contributed by atoms with E-state index in [1.807, 2.05) is 11.8 Å². The Labute approximate surface area is 384 Å². The molecule has 4 heteroatoms. The smallest absolute Gasteiger partial charge is 0.249 e. The molecule has 12 rings (SSSR count).